The molecule has 1 heterocycles. The van der Waals surface area contributed by atoms with E-state index in [-0.39, 0.29) is 33.9 Å². The molecule has 1 saturated carbocycles. The number of carboxylic acid groups (broad SMARTS) is 1. The first-order valence-electron chi connectivity index (χ1n) is 8.16. The standard InChI is InChI=1S/C16H21Cl3N2O2/c17-10-3-1-9(2-4-10)15-8-13(16(22)23)20-21(15)14-6-5-11(18)7-12(14)19/h1,10-12,14-15H,2-8H2,(H,22,23). The molecule has 1 aliphatic heterocycles. The number of rotatable bonds is 3. The number of hydrogen-bond acceptors (Lipinski definition) is 3. The Balaban J connectivity index is 1.82. The number of hydrogen-bond donors (Lipinski definition) is 1. The molecule has 0 aromatic rings. The van der Waals surface area contributed by atoms with Crippen LogP contribution in [0, 0.1) is 0 Å². The Bertz CT molecular complexity index is 537. The normalized spacial score (nSPS) is 38.2. The van der Waals surface area contributed by atoms with Crippen LogP contribution < -0.4 is 0 Å². The molecule has 3 rings (SSSR count). The van der Waals surface area contributed by atoms with Gasteiger partial charge in [0.25, 0.3) is 0 Å². The van der Waals surface area contributed by atoms with Crippen molar-refractivity contribution in [1.82, 2.24) is 5.01 Å². The number of carboxylic acids is 1. The number of aliphatic carboxylic acids is 1. The Labute approximate surface area is 151 Å². The molecule has 0 saturated heterocycles. The van der Waals surface area contributed by atoms with Crippen LogP contribution in [0.5, 0.6) is 0 Å². The van der Waals surface area contributed by atoms with Crippen molar-refractivity contribution in [3.05, 3.63) is 11.6 Å². The van der Waals surface area contributed by atoms with Crippen molar-refractivity contribution in [2.45, 2.75) is 73.2 Å². The van der Waals surface area contributed by atoms with Crippen LogP contribution in [0.1, 0.15) is 44.9 Å². The minimum Gasteiger partial charge on any atom is -0.477 e. The van der Waals surface area contributed by atoms with Crippen LogP contribution in [0.2, 0.25) is 0 Å². The van der Waals surface area contributed by atoms with Gasteiger partial charge in [0.05, 0.1) is 17.5 Å². The van der Waals surface area contributed by atoms with Gasteiger partial charge in [-0.15, -0.1) is 34.8 Å². The Hall–Kier alpha value is -0.450. The number of halogens is 3. The summed E-state index contributed by atoms with van der Waals surface area (Å²) in [5.41, 5.74) is 1.47. The molecule has 5 unspecified atom stereocenters. The van der Waals surface area contributed by atoms with Crippen molar-refractivity contribution >= 4 is 46.5 Å². The Morgan fingerprint density at radius 2 is 2.00 bits per heavy atom. The second-order valence-corrected chi connectivity index (χ2v) is 8.39. The fraction of sp³-hybridized carbons (Fsp3) is 0.750. The number of alkyl halides is 3. The highest BCUT2D eigenvalue weighted by Gasteiger charge is 2.41. The van der Waals surface area contributed by atoms with E-state index < -0.39 is 5.97 Å². The summed E-state index contributed by atoms with van der Waals surface area (Å²) in [5, 5.41) is 15.9. The summed E-state index contributed by atoms with van der Waals surface area (Å²) in [6.07, 6.45) is 7.74. The largest absolute Gasteiger partial charge is 0.477 e. The second-order valence-electron chi connectivity index (χ2n) is 6.60. The first-order valence-corrected chi connectivity index (χ1v) is 9.47. The minimum atomic E-state index is -0.943. The zero-order valence-corrected chi connectivity index (χ0v) is 15.1. The van der Waals surface area contributed by atoms with Crippen molar-refractivity contribution in [3.63, 3.8) is 0 Å². The molecule has 0 bridgehead atoms. The lowest BCUT2D eigenvalue weighted by atomic mass is 9.88. The monoisotopic (exact) mass is 378 g/mol. The first kappa shape index (κ1) is 17.4. The lowest BCUT2D eigenvalue weighted by Gasteiger charge is -2.40. The van der Waals surface area contributed by atoms with Crippen LogP contribution in [0.25, 0.3) is 0 Å². The number of carbonyl (C=O) groups is 1. The van der Waals surface area contributed by atoms with Crippen LogP contribution >= 0.6 is 34.8 Å². The summed E-state index contributed by atoms with van der Waals surface area (Å²) in [4.78, 5) is 11.4. The zero-order valence-electron chi connectivity index (χ0n) is 12.8. The summed E-state index contributed by atoms with van der Waals surface area (Å²) in [6.45, 7) is 0. The van der Waals surface area contributed by atoms with Crippen molar-refractivity contribution < 1.29 is 9.90 Å². The molecule has 0 spiro atoms. The molecule has 0 aromatic heterocycles. The van der Waals surface area contributed by atoms with Gasteiger partial charge in [0.1, 0.15) is 5.71 Å². The predicted molar refractivity (Wildman–Crippen MR) is 93.8 cm³/mol. The lowest BCUT2D eigenvalue weighted by Crippen LogP contribution is -2.46. The Kier molecular flexibility index (Phi) is 5.44. The zero-order chi connectivity index (χ0) is 16.6. The van der Waals surface area contributed by atoms with Gasteiger partial charge in [-0.05, 0) is 44.1 Å². The third-order valence-electron chi connectivity index (χ3n) is 5.01. The molecule has 1 N–H and O–H groups in total. The van der Waals surface area contributed by atoms with Crippen LogP contribution in [0.3, 0.4) is 0 Å². The number of hydrazone groups is 1. The topological polar surface area (TPSA) is 52.9 Å². The molecule has 23 heavy (non-hydrogen) atoms. The van der Waals surface area contributed by atoms with Crippen LogP contribution in [-0.4, -0.2) is 50.0 Å². The highest BCUT2D eigenvalue weighted by atomic mass is 35.5. The molecule has 128 valence electrons. The third kappa shape index (κ3) is 3.80. The second kappa shape index (κ2) is 7.20. The average Bonchev–Trinajstić information content (AvgIpc) is 2.93. The summed E-state index contributed by atoms with van der Waals surface area (Å²) in [6, 6.07) is 0.0477. The molecule has 2 aliphatic carbocycles. The van der Waals surface area contributed by atoms with Gasteiger partial charge in [-0.1, -0.05) is 6.08 Å². The first-order chi connectivity index (χ1) is 11.0. The fourth-order valence-corrected chi connectivity index (χ4v) is 4.80. The van der Waals surface area contributed by atoms with E-state index in [0.717, 1.165) is 38.5 Å². The van der Waals surface area contributed by atoms with E-state index >= 15 is 0 Å². The molecule has 0 radical (unpaired) electrons. The summed E-state index contributed by atoms with van der Waals surface area (Å²) in [5.74, 6) is -0.943. The molecular formula is C16H21Cl3N2O2. The van der Waals surface area contributed by atoms with Gasteiger partial charge in [0.2, 0.25) is 0 Å². The smallest absolute Gasteiger partial charge is 0.352 e. The van der Waals surface area contributed by atoms with E-state index in [4.69, 9.17) is 34.8 Å². The highest BCUT2D eigenvalue weighted by Crippen LogP contribution is 2.38. The summed E-state index contributed by atoms with van der Waals surface area (Å²) < 4.78 is 0. The van der Waals surface area contributed by atoms with Gasteiger partial charge in [-0.3, -0.25) is 5.01 Å². The summed E-state index contributed by atoms with van der Waals surface area (Å²) in [7, 11) is 0. The van der Waals surface area contributed by atoms with Crippen LogP contribution in [0.4, 0.5) is 0 Å². The molecule has 7 heteroatoms. The summed E-state index contributed by atoms with van der Waals surface area (Å²) >= 11 is 18.9. The van der Waals surface area contributed by atoms with Gasteiger partial charge in [0.15, 0.2) is 0 Å². The number of allylic oxidation sites excluding steroid dienone is 1. The SMILES string of the molecule is O=C(O)C1=NN(C2CCC(Cl)CC2Cl)C(C2=CCC(Cl)CC2)C1. The minimum absolute atomic E-state index is 0.00314. The van der Waals surface area contributed by atoms with E-state index in [2.05, 4.69) is 11.2 Å². The fourth-order valence-electron chi connectivity index (χ4n) is 3.74. The van der Waals surface area contributed by atoms with Crippen LogP contribution in [-0.2, 0) is 4.79 Å². The lowest BCUT2D eigenvalue weighted by molar-refractivity contribution is -0.129. The highest BCUT2D eigenvalue weighted by molar-refractivity contribution is 6.36. The van der Waals surface area contributed by atoms with E-state index in [1.54, 1.807) is 0 Å². The molecule has 5 atom stereocenters. The van der Waals surface area contributed by atoms with E-state index in [1.807, 2.05) is 5.01 Å². The molecule has 4 nitrogen and oxygen atoms in total. The third-order valence-corrected chi connectivity index (χ3v) is 6.27. The maximum atomic E-state index is 11.4. The van der Waals surface area contributed by atoms with Gasteiger partial charge in [-0.25, -0.2) is 4.79 Å². The quantitative estimate of drug-likeness (QED) is 0.596. The van der Waals surface area contributed by atoms with E-state index in [1.165, 1.54) is 5.57 Å². The molecule has 3 aliphatic rings. The predicted octanol–water partition coefficient (Wildman–Crippen LogP) is 3.99. The molecule has 0 amide bonds. The van der Waals surface area contributed by atoms with Crippen molar-refractivity contribution in [3.8, 4) is 0 Å². The van der Waals surface area contributed by atoms with Gasteiger partial charge < -0.3 is 5.11 Å². The van der Waals surface area contributed by atoms with Crippen molar-refractivity contribution in [2.24, 2.45) is 5.10 Å². The maximum absolute atomic E-state index is 11.4. The van der Waals surface area contributed by atoms with Crippen molar-refractivity contribution in [2.75, 3.05) is 0 Å². The Morgan fingerprint density at radius 1 is 1.22 bits per heavy atom. The Morgan fingerprint density at radius 3 is 2.61 bits per heavy atom. The van der Waals surface area contributed by atoms with Crippen molar-refractivity contribution in [1.29, 1.82) is 0 Å². The molecule has 0 aromatic carbocycles. The molecular weight excluding hydrogens is 359 g/mol. The number of nitrogens with zero attached hydrogens (tertiary/aromatic N) is 2. The van der Waals surface area contributed by atoms with E-state index in [9.17, 15) is 9.90 Å². The van der Waals surface area contributed by atoms with Gasteiger partial charge >= 0.3 is 5.97 Å². The van der Waals surface area contributed by atoms with Gasteiger partial charge in [-0.2, -0.15) is 5.10 Å². The molecule has 1 fully saturated rings. The average molecular weight is 380 g/mol. The maximum Gasteiger partial charge on any atom is 0.352 e. The van der Waals surface area contributed by atoms with E-state index in [0.29, 0.717) is 6.42 Å². The van der Waals surface area contributed by atoms with Gasteiger partial charge in [0, 0.05) is 17.2 Å². The van der Waals surface area contributed by atoms with Crippen LogP contribution in [0.15, 0.2) is 16.8 Å².